The largest absolute Gasteiger partial charge is 0.381 e. The highest BCUT2D eigenvalue weighted by molar-refractivity contribution is 9.10. The summed E-state index contributed by atoms with van der Waals surface area (Å²) >= 11 is 3.56. The Balaban J connectivity index is 1.96. The molecule has 106 valence electrons. The minimum absolute atomic E-state index is 0.447. The molecular weight excluding hydrogens is 328 g/mol. The highest BCUT2D eigenvalue weighted by atomic mass is 79.9. The number of anilines is 2. The Kier molecular flexibility index (Phi) is 3.75. The van der Waals surface area contributed by atoms with E-state index in [4.69, 9.17) is 5.73 Å². The van der Waals surface area contributed by atoms with Gasteiger partial charge >= 0.3 is 0 Å². The molecule has 0 saturated heterocycles. The molecule has 21 heavy (non-hydrogen) atoms. The first-order valence-electron chi connectivity index (χ1n) is 6.62. The van der Waals surface area contributed by atoms with Crippen LogP contribution in [0.25, 0.3) is 11.0 Å². The van der Waals surface area contributed by atoms with E-state index in [1.54, 1.807) is 0 Å². The third-order valence-corrected chi connectivity index (χ3v) is 4.08. The fourth-order valence-electron chi connectivity index (χ4n) is 2.24. The van der Waals surface area contributed by atoms with Crippen LogP contribution in [0.2, 0.25) is 0 Å². The van der Waals surface area contributed by atoms with Gasteiger partial charge in [0.05, 0.1) is 11.0 Å². The molecule has 4 nitrogen and oxygen atoms in total. The van der Waals surface area contributed by atoms with Crippen molar-refractivity contribution in [2.75, 3.05) is 17.7 Å². The van der Waals surface area contributed by atoms with Gasteiger partial charge in [-0.1, -0.05) is 46.3 Å². The van der Waals surface area contributed by atoms with E-state index in [1.807, 2.05) is 54.4 Å². The smallest absolute Gasteiger partial charge is 0.172 e. The van der Waals surface area contributed by atoms with Gasteiger partial charge < -0.3 is 10.6 Å². The molecule has 0 aliphatic heterocycles. The van der Waals surface area contributed by atoms with Crippen molar-refractivity contribution >= 4 is 38.6 Å². The average molecular weight is 343 g/mol. The van der Waals surface area contributed by atoms with Crippen molar-refractivity contribution in [1.29, 1.82) is 0 Å². The molecule has 5 heteroatoms. The van der Waals surface area contributed by atoms with Gasteiger partial charge in [-0.25, -0.2) is 9.97 Å². The van der Waals surface area contributed by atoms with Gasteiger partial charge in [0.1, 0.15) is 0 Å². The van der Waals surface area contributed by atoms with E-state index >= 15 is 0 Å². The number of hydrogen-bond donors (Lipinski definition) is 1. The quantitative estimate of drug-likeness (QED) is 0.789. The maximum Gasteiger partial charge on any atom is 0.172 e. The highest BCUT2D eigenvalue weighted by Crippen LogP contribution is 2.24. The first kappa shape index (κ1) is 13.8. The molecule has 3 aromatic rings. The average Bonchev–Trinajstić information content (AvgIpc) is 2.49. The number of benzene rings is 2. The van der Waals surface area contributed by atoms with Crippen LogP contribution in [0.1, 0.15) is 5.56 Å². The summed E-state index contributed by atoms with van der Waals surface area (Å²) in [6.07, 6.45) is 0. The van der Waals surface area contributed by atoms with Gasteiger partial charge in [-0.3, -0.25) is 0 Å². The Labute approximate surface area is 131 Å². The molecule has 0 bridgehead atoms. The van der Waals surface area contributed by atoms with Crippen LogP contribution in [0.3, 0.4) is 0 Å². The molecule has 0 aliphatic rings. The number of nitrogen functional groups attached to an aromatic ring is 1. The second-order valence-corrected chi connectivity index (χ2v) is 5.72. The van der Waals surface area contributed by atoms with Crippen molar-refractivity contribution in [3.05, 3.63) is 58.6 Å². The molecule has 0 saturated carbocycles. The number of halogens is 1. The van der Waals surface area contributed by atoms with Crippen molar-refractivity contribution in [2.24, 2.45) is 0 Å². The van der Waals surface area contributed by atoms with Crippen molar-refractivity contribution in [2.45, 2.75) is 6.54 Å². The fraction of sp³-hybridized carbons (Fsp3) is 0.125. The molecule has 0 spiro atoms. The summed E-state index contributed by atoms with van der Waals surface area (Å²) in [6.45, 7) is 0.707. The third-order valence-electron chi connectivity index (χ3n) is 3.31. The van der Waals surface area contributed by atoms with Gasteiger partial charge in [-0.15, -0.1) is 0 Å². The Hall–Kier alpha value is -2.14. The standard InChI is InChI=1S/C16H15BrN4/c1-21(10-11-6-2-3-7-12(11)17)16-15(18)19-13-8-4-5-9-14(13)20-16/h2-9H,10H2,1H3,(H2,18,19). The van der Waals surface area contributed by atoms with E-state index in [0.29, 0.717) is 18.2 Å². The SMILES string of the molecule is CN(Cc1ccccc1Br)c1nc2ccccc2nc1N. The maximum absolute atomic E-state index is 6.05. The van der Waals surface area contributed by atoms with Gasteiger partial charge in [0, 0.05) is 18.1 Å². The van der Waals surface area contributed by atoms with E-state index < -0.39 is 0 Å². The number of nitrogens with two attached hydrogens (primary N) is 1. The Morgan fingerprint density at radius 2 is 1.62 bits per heavy atom. The van der Waals surface area contributed by atoms with E-state index in [-0.39, 0.29) is 0 Å². The Bertz CT molecular complexity index is 788. The summed E-state index contributed by atoms with van der Waals surface area (Å²) in [7, 11) is 1.97. The molecule has 1 heterocycles. The number of rotatable bonds is 3. The summed E-state index contributed by atoms with van der Waals surface area (Å²) < 4.78 is 1.07. The zero-order valence-electron chi connectivity index (χ0n) is 11.6. The van der Waals surface area contributed by atoms with Crippen LogP contribution < -0.4 is 10.6 Å². The van der Waals surface area contributed by atoms with Gasteiger partial charge in [0.2, 0.25) is 0 Å². The molecule has 0 radical (unpaired) electrons. The molecule has 0 unspecified atom stereocenters. The first-order chi connectivity index (χ1) is 10.1. The Morgan fingerprint density at radius 3 is 2.33 bits per heavy atom. The zero-order chi connectivity index (χ0) is 14.8. The van der Waals surface area contributed by atoms with Gasteiger partial charge in [0.15, 0.2) is 11.6 Å². The van der Waals surface area contributed by atoms with Crippen LogP contribution in [-0.2, 0) is 6.54 Å². The maximum atomic E-state index is 6.05. The van der Waals surface area contributed by atoms with Crippen molar-refractivity contribution in [3.8, 4) is 0 Å². The van der Waals surface area contributed by atoms with Gasteiger partial charge in [-0.05, 0) is 23.8 Å². The lowest BCUT2D eigenvalue weighted by molar-refractivity contribution is 0.896. The van der Waals surface area contributed by atoms with Gasteiger partial charge in [-0.2, -0.15) is 0 Å². The van der Waals surface area contributed by atoms with Crippen LogP contribution in [0.15, 0.2) is 53.0 Å². The first-order valence-corrected chi connectivity index (χ1v) is 7.41. The van der Waals surface area contributed by atoms with Crippen molar-refractivity contribution < 1.29 is 0 Å². The lowest BCUT2D eigenvalue weighted by atomic mass is 10.2. The van der Waals surface area contributed by atoms with E-state index in [0.717, 1.165) is 15.5 Å². The molecule has 2 N–H and O–H groups in total. The van der Waals surface area contributed by atoms with Crippen LogP contribution in [0.4, 0.5) is 11.6 Å². The van der Waals surface area contributed by atoms with Crippen LogP contribution in [-0.4, -0.2) is 17.0 Å². The van der Waals surface area contributed by atoms with Gasteiger partial charge in [0.25, 0.3) is 0 Å². The summed E-state index contributed by atoms with van der Waals surface area (Å²) in [5, 5.41) is 0. The lowest BCUT2D eigenvalue weighted by Gasteiger charge is -2.20. The van der Waals surface area contributed by atoms with E-state index in [9.17, 15) is 0 Å². The number of para-hydroxylation sites is 2. The van der Waals surface area contributed by atoms with Crippen LogP contribution in [0.5, 0.6) is 0 Å². The third kappa shape index (κ3) is 2.83. The normalized spacial score (nSPS) is 10.8. The van der Waals surface area contributed by atoms with E-state index in [2.05, 4.69) is 32.0 Å². The topological polar surface area (TPSA) is 55.0 Å². The summed E-state index contributed by atoms with van der Waals surface area (Å²) in [6, 6.07) is 15.9. The molecule has 0 atom stereocenters. The molecular formula is C16H15BrN4. The summed E-state index contributed by atoms with van der Waals surface area (Å²) in [4.78, 5) is 11.1. The minimum atomic E-state index is 0.447. The predicted molar refractivity (Wildman–Crippen MR) is 90.2 cm³/mol. The number of fused-ring (bicyclic) bond motifs is 1. The van der Waals surface area contributed by atoms with E-state index in [1.165, 1.54) is 5.56 Å². The number of hydrogen-bond acceptors (Lipinski definition) is 4. The molecule has 1 aromatic heterocycles. The molecule has 2 aromatic carbocycles. The molecule has 0 fully saturated rings. The zero-order valence-corrected chi connectivity index (χ0v) is 13.2. The predicted octanol–water partition coefficient (Wildman–Crippen LogP) is 3.61. The molecule has 3 rings (SSSR count). The Morgan fingerprint density at radius 1 is 1.00 bits per heavy atom. The lowest BCUT2D eigenvalue weighted by Crippen LogP contribution is -2.20. The summed E-state index contributed by atoms with van der Waals surface area (Å²) in [5.41, 5.74) is 8.89. The number of nitrogens with zero attached hydrogens (tertiary/aromatic N) is 3. The second-order valence-electron chi connectivity index (χ2n) is 4.87. The number of aromatic nitrogens is 2. The summed E-state index contributed by atoms with van der Waals surface area (Å²) in [5.74, 6) is 1.15. The van der Waals surface area contributed by atoms with Crippen LogP contribution >= 0.6 is 15.9 Å². The monoisotopic (exact) mass is 342 g/mol. The highest BCUT2D eigenvalue weighted by Gasteiger charge is 2.12. The molecule has 0 aliphatic carbocycles. The minimum Gasteiger partial charge on any atom is -0.381 e. The van der Waals surface area contributed by atoms with Crippen molar-refractivity contribution in [3.63, 3.8) is 0 Å². The second kappa shape index (κ2) is 5.69. The van der Waals surface area contributed by atoms with Crippen LogP contribution in [0, 0.1) is 0 Å². The molecule has 0 amide bonds. The van der Waals surface area contributed by atoms with Crippen molar-refractivity contribution in [1.82, 2.24) is 9.97 Å². The fourth-order valence-corrected chi connectivity index (χ4v) is 2.65.